The molecule has 0 bridgehead atoms. The molecule has 0 unspecified atom stereocenters. The average molecular weight is 273 g/mol. The van der Waals surface area contributed by atoms with E-state index in [-0.39, 0.29) is 5.82 Å². The Morgan fingerprint density at radius 1 is 1.20 bits per heavy atom. The molecule has 0 amide bonds. The Hall–Kier alpha value is -1.94. The normalized spacial score (nSPS) is 10.6. The Bertz CT molecular complexity index is 557. The standard InChI is InChI=1S/C16H20FN3/c1-13-5-2-7-15(19-13)12-20(10-4-9-18)16-8-3-6-14(17)11-16/h2-3,5-8,11H,4,9-10,12,18H2,1H3. The molecule has 2 aromatic rings. The number of halogens is 1. The van der Waals surface area contributed by atoms with Crippen molar-refractivity contribution in [3.05, 3.63) is 59.7 Å². The molecule has 0 spiro atoms. The molecule has 2 N–H and O–H groups in total. The van der Waals surface area contributed by atoms with E-state index in [1.54, 1.807) is 12.1 Å². The van der Waals surface area contributed by atoms with Crippen LogP contribution in [0, 0.1) is 12.7 Å². The number of aromatic nitrogens is 1. The lowest BCUT2D eigenvalue weighted by atomic mass is 10.2. The van der Waals surface area contributed by atoms with Crippen molar-refractivity contribution in [3.63, 3.8) is 0 Å². The van der Waals surface area contributed by atoms with Gasteiger partial charge in [-0.3, -0.25) is 4.98 Å². The average Bonchev–Trinajstić information content (AvgIpc) is 2.43. The Balaban J connectivity index is 2.19. The van der Waals surface area contributed by atoms with Gasteiger partial charge in [0.15, 0.2) is 0 Å². The quantitative estimate of drug-likeness (QED) is 0.880. The van der Waals surface area contributed by atoms with Gasteiger partial charge >= 0.3 is 0 Å². The van der Waals surface area contributed by atoms with Crippen LogP contribution in [0.15, 0.2) is 42.5 Å². The van der Waals surface area contributed by atoms with Crippen LogP contribution >= 0.6 is 0 Å². The van der Waals surface area contributed by atoms with Crippen LogP contribution in [0.2, 0.25) is 0 Å². The van der Waals surface area contributed by atoms with Gasteiger partial charge in [-0.25, -0.2) is 4.39 Å². The lowest BCUT2D eigenvalue weighted by molar-refractivity contribution is 0.625. The molecule has 0 saturated heterocycles. The summed E-state index contributed by atoms with van der Waals surface area (Å²) in [5.41, 5.74) is 8.41. The van der Waals surface area contributed by atoms with E-state index in [0.29, 0.717) is 13.1 Å². The molecule has 20 heavy (non-hydrogen) atoms. The molecule has 0 aliphatic rings. The monoisotopic (exact) mass is 273 g/mol. The summed E-state index contributed by atoms with van der Waals surface area (Å²) in [6, 6.07) is 12.6. The molecule has 0 atom stereocenters. The van der Waals surface area contributed by atoms with Crippen LogP contribution in [0.3, 0.4) is 0 Å². The minimum atomic E-state index is -0.225. The Kier molecular flexibility index (Phi) is 5.07. The van der Waals surface area contributed by atoms with Crippen molar-refractivity contribution in [2.45, 2.75) is 19.9 Å². The van der Waals surface area contributed by atoms with E-state index in [2.05, 4.69) is 9.88 Å². The van der Waals surface area contributed by atoms with E-state index in [1.165, 1.54) is 6.07 Å². The first kappa shape index (κ1) is 14.5. The van der Waals surface area contributed by atoms with Crippen LogP contribution in [-0.2, 0) is 6.54 Å². The molecule has 106 valence electrons. The van der Waals surface area contributed by atoms with Gasteiger partial charge in [-0.2, -0.15) is 0 Å². The van der Waals surface area contributed by atoms with E-state index in [9.17, 15) is 4.39 Å². The number of nitrogens with two attached hydrogens (primary N) is 1. The molecule has 4 heteroatoms. The highest BCUT2D eigenvalue weighted by Crippen LogP contribution is 2.18. The van der Waals surface area contributed by atoms with Gasteiger partial charge < -0.3 is 10.6 Å². The maximum atomic E-state index is 13.4. The highest BCUT2D eigenvalue weighted by Gasteiger charge is 2.09. The summed E-state index contributed by atoms with van der Waals surface area (Å²) in [6.45, 7) is 4.03. The van der Waals surface area contributed by atoms with E-state index in [4.69, 9.17) is 5.73 Å². The number of aryl methyl sites for hydroxylation is 1. The third-order valence-electron chi connectivity index (χ3n) is 3.10. The predicted octanol–water partition coefficient (Wildman–Crippen LogP) is 2.88. The second kappa shape index (κ2) is 7.01. The van der Waals surface area contributed by atoms with Crippen LogP contribution < -0.4 is 10.6 Å². The Morgan fingerprint density at radius 2 is 2.00 bits per heavy atom. The molecule has 2 rings (SSSR count). The number of benzene rings is 1. The minimum absolute atomic E-state index is 0.225. The molecule has 0 aliphatic heterocycles. The summed E-state index contributed by atoms with van der Waals surface area (Å²) in [6.07, 6.45) is 0.863. The maximum absolute atomic E-state index is 13.4. The summed E-state index contributed by atoms with van der Waals surface area (Å²) in [4.78, 5) is 6.61. The number of hydrogen-bond acceptors (Lipinski definition) is 3. The summed E-state index contributed by atoms with van der Waals surface area (Å²) in [7, 11) is 0. The van der Waals surface area contributed by atoms with Gasteiger partial charge in [0.2, 0.25) is 0 Å². The fraction of sp³-hybridized carbons (Fsp3) is 0.312. The number of pyridine rings is 1. The molecule has 0 radical (unpaired) electrons. The first-order valence-corrected chi connectivity index (χ1v) is 6.82. The molecule has 1 aromatic carbocycles. The SMILES string of the molecule is Cc1cccc(CN(CCCN)c2cccc(F)c2)n1. The molecular weight excluding hydrogens is 253 g/mol. The maximum Gasteiger partial charge on any atom is 0.125 e. The van der Waals surface area contributed by atoms with Crippen molar-refractivity contribution < 1.29 is 4.39 Å². The van der Waals surface area contributed by atoms with E-state index in [0.717, 1.165) is 30.0 Å². The number of hydrogen-bond donors (Lipinski definition) is 1. The number of anilines is 1. The van der Waals surface area contributed by atoms with E-state index < -0.39 is 0 Å². The van der Waals surface area contributed by atoms with Gasteiger partial charge in [0.25, 0.3) is 0 Å². The third-order valence-corrected chi connectivity index (χ3v) is 3.10. The molecule has 0 fully saturated rings. The van der Waals surface area contributed by atoms with Crippen LogP contribution in [0.4, 0.5) is 10.1 Å². The molecule has 0 saturated carbocycles. The summed E-state index contributed by atoms with van der Waals surface area (Å²) < 4.78 is 13.4. The molecular formula is C16H20FN3. The molecule has 0 aliphatic carbocycles. The fourth-order valence-electron chi connectivity index (χ4n) is 2.14. The van der Waals surface area contributed by atoms with E-state index >= 15 is 0 Å². The molecule has 1 heterocycles. The lowest BCUT2D eigenvalue weighted by Crippen LogP contribution is -2.26. The van der Waals surface area contributed by atoms with Crippen molar-refractivity contribution in [2.75, 3.05) is 18.0 Å². The Morgan fingerprint density at radius 3 is 2.70 bits per heavy atom. The first-order chi connectivity index (χ1) is 9.69. The predicted molar refractivity (Wildman–Crippen MR) is 80.1 cm³/mol. The zero-order valence-corrected chi connectivity index (χ0v) is 11.7. The van der Waals surface area contributed by atoms with Gasteiger partial charge in [0.1, 0.15) is 5.82 Å². The topological polar surface area (TPSA) is 42.1 Å². The van der Waals surface area contributed by atoms with Gasteiger partial charge in [-0.15, -0.1) is 0 Å². The van der Waals surface area contributed by atoms with Gasteiger partial charge in [-0.05, 0) is 50.2 Å². The van der Waals surface area contributed by atoms with Gasteiger partial charge in [-0.1, -0.05) is 12.1 Å². The van der Waals surface area contributed by atoms with Crippen LogP contribution in [0.25, 0.3) is 0 Å². The van der Waals surface area contributed by atoms with Crippen LogP contribution in [0.5, 0.6) is 0 Å². The second-order valence-electron chi connectivity index (χ2n) is 4.81. The largest absolute Gasteiger partial charge is 0.365 e. The van der Waals surface area contributed by atoms with Crippen molar-refractivity contribution in [1.82, 2.24) is 4.98 Å². The van der Waals surface area contributed by atoms with Gasteiger partial charge in [0, 0.05) is 17.9 Å². The highest BCUT2D eigenvalue weighted by atomic mass is 19.1. The molecule has 3 nitrogen and oxygen atoms in total. The van der Waals surface area contributed by atoms with Crippen molar-refractivity contribution in [3.8, 4) is 0 Å². The molecule has 1 aromatic heterocycles. The zero-order valence-electron chi connectivity index (χ0n) is 11.7. The first-order valence-electron chi connectivity index (χ1n) is 6.82. The van der Waals surface area contributed by atoms with Crippen molar-refractivity contribution >= 4 is 5.69 Å². The number of rotatable bonds is 6. The smallest absolute Gasteiger partial charge is 0.125 e. The van der Waals surface area contributed by atoms with Crippen LogP contribution in [0.1, 0.15) is 17.8 Å². The number of nitrogens with zero attached hydrogens (tertiary/aromatic N) is 2. The Labute approximate surface area is 119 Å². The summed E-state index contributed by atoms with van der Waals surface area (Å²) >= 11 is 0. The highest BCUT2D eigenvalue weighted by molar-refractivity contribution is 5.46. The lowest BCUT2D eigenvalue weighted by Gasteiger charge is -2.24. The van der Waals surface area contributed by atoms with Gasteiger partial charge in [0.05, 0.1) is 12.2 Å². The summed E-state index contributed by atoms with van der Waals surface area (Å²) in [5, 5.41) is 0. The van der Waals surface area contributed by atoms with Crippen LogP contribution in [-0.4, -0.2) is 18.1 Å². The fourth-order valence-corrected chi connectivity index (χ4v) is 2.14. The van der Waals surface area contributed by atoms with E-state index in [1.807, 2.05) is 31.2 Å². The minimum Gasteiger partial charge on any atom is -0.365 e. The third kappa shape index (κ3) is 4.03. The summed E-state index contributed by atoms with van der Waals surface area (Å²) in [5.74, 6) is -0.225. The van der Waals surface area contributed by atoms with Crippen molar-refractivity contribution in [2.24, 2.45) is 5.73 Å². The van der Waals surface area contributed by atoms with Crippen molar-refractivity contribution in [1.29, 1.82) is 0 Å². The second-order valence-corrected chi connectivity index (χ2v) is 4.81. The zero-order chi connectivity index (χ0) is 14.4.